The number of fused-ring (bicyclic) bond motifs is 6. The first-order chi connectivity index (χ1) is 42.5. The minimum absolute atomic E-state index is 0.155. The summed E-state index contributed by atoms with van der Waals surface area (Å²) >= 11 is 5.04. The van der Waals surface area contributed by atoms with Crippen molar-refractivity contribution in [2.45, 2.75) is 49.0 Å². The first-order valence-electron chi connectivity index (χ1n) is 28.3. The Hall–Kier alpha value is -9.93. The van der Waals surface area contributed by atoms with Crippen LogP contribution in [0.1, 0.15) is 48.2 Å². The highest BCUT2D eigenvalue weighted by molar-refractivity contribution is 7.99. The summed E-state index contributed by atoms with van der Waals surface area (Å²) in [6.07, 6.45) is 10.0. The van der Waals surface area contributed by atoms with Crippen LogP contribution in [0.2, 0.25) is 0 Å². The van der Waals surface area contributed by atoms with Crippen LogP contribution in [0, 0.1) is 0 Å². The number of rotatable bonds is 0. The monoisotopic (exact) mass is 1190 g/mol. The maximum atomic E-state index is 14.1. The van der Waals surface area contributed by atoms with Gasteiger partial charge in [-0.15, -0.1) is 0 Å². The van der Waals surface area contributed by atoms with Gasteiger partial charge in [0.25, 0.3) is 17.7 Å². The number of aromatic nitrogens is 6. The molecule has 3 amide bonds. The molecule has 0 spiro atoms. The average Bonchev–Trinajstić information content (AvgIpc) is 3.90. The Bertz CT molecular complexity index is 3990. The smallest absolute Gasteiger partial charge is 0.276 e. The van der Waals surface area contributed by atoms with E-state index in [0.717, 1.165) is 96.5 Å². The summed E-state index contributed by atoms with van der Waals surface area (Å²) in [5, 5.41) is 0. The molecule has 9 aromatic carbocycles. The van der Waals surface area contributed by atoms with Crippen molar-refractivity contribution in [3.8, 4) is 33.4 Å². The van der Waals surface area contributed by atoms with Gasteiger partial charge < -0.3 is 28.4 Å². The van der Waals surface area contributed by atoms with E-state index >= 15 is 0 Å². The number of benzene rings is 9. The standard InChI is InChI=1S/C72H57N9O3S3/c1-76-58-25-13-52(14-26-58)55-19-31-61(32-20-55)86-65-11-5-8-50(38-65)44-80-47-74-41-68(80)71(83)78(3)60-29-17-54(18-30-60)57-23-35-63(36-24-57)87-66-12-6-9-51(39-66)45-81-48-75-42-69(81)72(84)77(2)59-27-15-53(16-28-59)56-21-33-62(34-22-56)85-64-10-4-7-49(37-64)43-79-46-73-40-67(79)70(76)82/h4-42,46-48H,43-45H2,1-3H3. The number of nitrogens with zero attached hydrogens (tertiary/aromatic N) is 9. The lowest BCUT2D eigenvalue weighted by Gasteiger charge is -2.19. The molecule has 0 radical (unpaired) electrons. The van der Waals surface area contributed by atoms with Crippen LogP contribution in [0.15, 0.2) is 285 Å². The lowest BCUT2D eigenvalue weighted by Crippen LogP contribution is -2.28. The van der Waals surface area contributed by atoms with Gasteiger partial charge in [0.1, 0.15) is 17.1 Å². The van der Waals surface area contributed by atoms with Gasteiger partial charge >= 0.3 is 0 Å². The van der Waals surface area contributed by atoms with E-state index in [2.05, 4.69) is 142 Å². The van der Waals surface area contributed by atoms with Crippen LogP contribution in [0.3, 0.4) is 0 Å². The lowest BCUT2D eigenvalue weighted by molar-refractivity contribution is 0.0977. The molecule has 18 bridgehead atoms. The zero-order chi connectivity index (χ0) is 59.4. The number of carbonyl (C=O) groups is 3. The Morgan fingerprint density at radius 2 is 0.540 bits per heavy atom. The average molecular weight is 1190 g/mol. The molecule has 0 saturated carbocycles. The van der Waals surface area contributed by atoms with Crippen molar-refractivity contribution in [1.29, 1.82) is 0 Å². The molecule has 87 heavy (non-hydrogen) atoms. The van der Waals surface area contributed by atoms with Crippen molar-refractivity contribution in [2.24, 2.45) is 0 Å². The van der Waals surface area contributed by atoms with Crippen molar-refractivity contribution in [3.63, 3.8) is 0 Å². The summed E-state index contributed by atoms with van der Waals surface area (Å²) in [5.74, 6) is -0.465. The van der Waals surface area contributed by atoms with Gasteiger partial charge in [-0.3, -0.25) is 14.4 Å². The zero-order valence-electron chi connectivity index (χ0n) is 47.8. The van der Waals surface area contributed by atoms with Crippen LogP contribution in [0.25, 0.3) is 33.4 Å². The minimum Gasteiger partial charge on any atom is -0.322 e. The molecular weight excluding hydrogens is 1140 g/mol. The minimum atomic E-state index is -0.155. The van der Waals surface area contributed by atoms with E-state index in [9.17, 15) is 14.4 Å². The SMILES string of the molecule is CN1C(=O)c2cncn2Cc2cccc(c2)Sc2ccc(cc2)-c2ccc(cc2)N(C)C(=O)c2cncn2Cc2cccc(c2)Sc2ccc(cc2)-c2ccc(cc2)N(C)C(=O)c2cncn2Cc2cccc(c2)Sc2ccc(cc2)-c2ccc1cc2. The van der Waals surface area contributed by atoms with Crippen LogP contribution in [0.4, 0.5) is 17.1 Å². The highest BCUT2D eigenvalue weighted by Crippen LogP contribution is 2.36. The van der Waals surface area contributed by atoms with Crippen LogP contribution in [0.5, 0.6) is 0 Å². The Balaban J connectivity index is 0.742. The van der Waals surface area contributed by atoms with Crippen molar-refractivity contribution in [2.75, 3.05) is 35.8 Å². The Labute approximate surface area is 517 Å². The molecule has 0 unspecified atom stereocenters. The first kappa shape index (κ1) is 56.2. The zero-order valence-corrected chi connectivity index (χ0v) is 50.3. The number of hydrogen-bond donors (Lipinski definition) is 0. The quantitative estimate of drug-likeness (QED) is 0.146. The highest BCUT2D eigenvalue weighted by atomic mass is 32.2. The van der Waals surface area contributed by atoms with Crippen LogP contribution >= 0.6 is 35.3 Å². The van der Waals surface area contributed by atoms with Crippen molar-refractivity contribution in [3.05, 3.63) is 290 Å². The molecule has 7 aliphatic rings. The topological polar surface area (TPSA) is 114 Å². The van der Waals surface area contributed by atoms with Crippen LogP contribution in [-0.2, 0) is 19.6 Å². The molecule has 0 saturated heterocycles. The van der Waals surface area contributed by atoms with Gasteiger partial charge in [-0.05, 0) is 159 Å². The van der Waals surface area contributed by atoms with Crippen molar-refractivity contribution in [1.82, 2.24) is 28.7 Å². The molecule has 12 nitrogen and oxygen atoms in total. The third-order valence-electron chi connectivity index (χ3n) is 15.5. The van der Waals surface area contributed by atoms with E-state index in [4.69, 9.17) is 0 Å². The highest BCUT2D eigenvalue weighted by Gasteiger charge is 2.22. The second kappa shape index (κ2) is 25.0. The summed E-state index contributed by atoms with van der Waals surface area (Å²) in [6.45, 7) is 1.44. The Kier molecular flexibility index (Phi) is 16.1. The van der Waals surface area contributed by atoms with E-state index in [1.54, 1.807) is 109 Å². The molecule has 0 N–H and O–H groups in total. The lowest BCUT2D eigenvalue weighted by atomic mass is 10.1. The van der Waals surface area contributed by atoms with Gasteiger partial charge in [0.05, 0.1) is 37.6 Å². The largest absolute Gasteiger partial charge is 0.322 e. The van der Waals surface area contributed by atoms with Gasteiger partial charge in [0.2, 0.25) is 0 Å². The summed E-state index contributed by atoms with van der Waals surface area (Å²) in [6, 6.07) is 74.7. The van der Waals surface area contributed by atoms with E-state index in [1.807, 2.05) is 105 Å². The normalized spacial score (nSPS) is 13.4. The van der Waals surface area contributed by atoms with Crippen LogP contribution < -0.4 is 14.7 Å². The van der Waals surface area contributed by atoms with Gasteiger partial charge in [-0.1, -0.05) is 144 Å². The molecule has 3 aromatic heterocycles. The summed E-state index contributed by atoms with van der Waals surface area (Å²) in [4.78, 5) is 66.9. The van der Waals surface area contributed by atoms with Crippen LogP contribution in [-0.4, -0.2) is 67.5 Å². The predicted molar refractivity (Wildman–Crippen MR) is 350 cm³/mol. The fraction of sp³-hybridized carbons (Fsp3) is 0.0833. The van der Waals surface area contributed by atoms with E-state index < -0.39 is 0 Å². The Morgan fingerprint density at radius 3 is 0.793 bits per heavy atom. The first-order valence-corrected chi connectivity index (χ1v) is 30.7. The number of anilines is 3. The van der Waals surface area contributed by atoms with Gasteiger partial charge in [0, 0.05) is 87.2 Å². The molecule has 15 heteroatoms. The van der Waals surface area contributed by atoms with Gasteiger partial charge in [-0.2, -0.15) is 0 Å². The third kappa shape index (κ3) is 12.6. The molecule has 0 fully saturated rings. The molecule has 426 valence electrons. The second-order valence-electron chi connectivity index (χ2n) is 21.3. The number of carbonyl (C=O) groups excluding carboxylic acids is 3. The van der Waals surface area contributed by atoms with Crippen molar-refractivity contribution >= 4 is 70.1 Å². The molecule has 12 aromatic rings. The molecule has 0 aliphatic carbocycles. The fourth-order valence-corrected chi connectivity index (χ4v) is 13.3. The molecule has 19 rings (SSSR count). The molecular formula is C72H57N9O3S3. The fourth-order valence-electron chi connectivity index (χ4n) is 10.6. The van der Waals surface area contributed by atoms with Gasteiger partial charge in [-0.25, -0.2) is 15.0 Å². The molecule has 7 aliphatic heterocycles. The second-order valence-corrected chi connectivity index (χ2v) is 24.7. The maximum Gasteiger partial charge on any atom is 0.276 e. The molecule has 0 atom stereocenters. The number of hydrogen-bond acceptors (Lipinski definition) is 9. The summed E-state index contributed by atoms with van der Waals surface area (Å²) in [5.41, 5.74) is 13.3. The summed E-state index contributed by atoms with van der Waals surface area (Å²) < 4.78 is 5.69. The van der Waals surface area contributed by atoms with E-state index in [0.29, 0.717) is 36.7 Å². The molecule has 10 heterocycles. The number of imidazole rings is 3. The third-order valence-corrected chi connectivity index (χ3v) is 18.5. The van der Waals surface area contributed by atoms with E-state index in [-0.39, 0.29) is 17.7 Å². The maximum absolute atomic E-state index is 14.1. The van der Waals surface area contributed by atoms with E-state index in [1.165, 1.54) is 0 Å². The van der Waals surface area contributed by atoms with Crippen molar-refractivity contribution < 1.29 is 14.4 Å². The van der Waals surface area contributed by atoms with Gasteiger partial charge in [0.15, 0.2) is 0 Å². The predicted octanol–water partition coefficient (Wildman–Crippen LogP) is 16.0. The number of amides is 3. The Morgan fingerprint density at radius 1 is 0.299 bits per heavy atom. The summed E-state index contributed by atoms with van der Waals surface area (Å²) in [7, 11) is 5.38.